The molecular weight excluding hydrogens is 238 g/mol. The smallest absolute Gasteiger partial charge is 0.211 e. The molecule has 2 N–H and O–H groups in total. The van der Waals surface area contributed by atoms with E-state index in [1.807, 2.05) is 25.3 Å². The maximum absolute atomic E-state index is 11.3. The molecule has 17 heavy (non-hydrogen) atoms. The van der Waals surface area contributed by atoms with E-state index in [4.69, 9.17) is 0 Å². The molecule has 0 saturated carbocycles. The number of H-pyrrole nitrogens is 1. The van der Waals surface area contributed by atoms with E-state index in [2.05, 4.69) is 10.3 Å². The Morgan fingerprint density at radius 3 is 2.76 bits per heavy atom. The number of nitrogens with zero attached hydrogens (tertiary/aromatic N) is 1. The van der Waals surface area contributed by atoms with Crippen LogP contribution in [0, 0.1) is 0 Å². The van der Waals surface area contributed by atoms with Gasteiger partial charge in [0.2, 0.25) is 10.0 Å². The van der Waals surface area contributed by atoms with Crippen LogP contribution in [0.4, 0.5) is 0 Å². The first kappa shape index (κ1) is 14.2. The van der Waals surface area contributed by atoms with Crippen molar-refractivity contribution in [1.82, 2.24) is 14.6 Å². The first-order valence-corrected chi connectivity index (χ1v) is 7.67. The Morgan fingerprint density at radius 1 is 1.47 bits per heavy atom. The van der Waals surface area contributed by atoms with E-state index in [1.165, 1.54) is 10.6 Å². The molecule has 0 aromatic carbocycles. The van der Waals surface area contributed by atoms with E-state index in [0.717, 1.165) is 25.2 Å². The van der Waals surface area contributed by atoms with Crippen molar-refractivity contribution < 1.29 is 8.42 Å². The van der Waals surface area contributed by atoms with Gasteiger partial charge in [-0.1, -0.05) is 6.92 Å². The minimum Gasteiger partial charge on any atom is -0.364 e. The fraction of sp³-hybridized carbons (Fsp3) is 0.636. The van der Waals surface area contributed by atoms with Gasteiger partial charge in [-0.05, 0) is 25.1 Å². The summed E-state index contributed by atoms with van der Waals surface area (Å²) in [7, 11) is -3.05. The second-order valence-corrected chi connectivity index (χ2v) is 5.96. The third-order valence-corrected chi connectivity index (χ3v) is 3.94. The van der Waals surface area contributed by atoms with Crippen molar-refractivity contribution in [3.63, 3.8) is 0 Å². The van der Waals surface area contributed by atoms with Crippen LogP contribution in [0.15, 0.2) is 18.3 Å². The lowest BCUT2D eigenvalue weighted by atomic mass is 10.4. The van der Waals surface area contributed by atoms with E-state index < -0.39 is 10.0 Å². The molecule has 0 amide bonds. The molecule has 0 bridgehead atoms. The highest BCUT2D eigenvalue weighted by molar-refractivity contribution is 7.88. The summed E-state index contributed by atoms with van der Waals surface area (Å²) in [6.07, 6.45) is 3.96. The van der Waals surface area contributed by atoms with Gasteiger partial charge in [0.15, 0.2) is 0 Å². The van der Waals surface area contributed by atoms with Crippen LogP contribution in [0.5, 0.6) is 0 Å². The van der Waals surface area contributed by atoms with E-state index in [-0.39, 0.29) is 0 Å². The summed E-state index contributed by atoms with van der Waals surface area (Å²) in [6.45, 7) is 4.57. The Kier molecular flexibility index (Phi) is 5.67. The van der Waals surface area contributed by atoms with Crippen molar-refractivity contribution in [2.75, 3.05) is 25.9 Å². The van der Waals surface area contributed by atoms with Crippen molar-refractivity contribution in [3.8, 4) is 0 Å². The molecule has 0 aliphatic rings. The van der Waals surface area contributed by atoms with Crippen LogP contribution in [0.25, 0.3) is 0 Å². The van der Waals surface area contributed by atoms with Crippen LogP contribution in [0.3, 0.4) is 0 Å². The van der Waals surface area contributed by atoms with Gasteiger partial charge in [-0.25, -0.2) is 12.7 Å². The number of hydrogen-bond acceptors (Lipinski definition) is 3. The second-order valence-electron chi connectivity index (χ2n) is 3.98. The van der Waals surface area contributed by atoms with Crippen molar-refractivity contribution >= 4 is 10.0 Å². The lowest BCUT2D eigenvalue weighted by Crippen LogP contribution is -2.32. The summed E-state index contributed by atoms with van der Waals surface area (Å²) in [5.41, 5.74) is 1.14. The normalized spacial score (nSPS) is 12.2. The zero-order valence-corrected chi connectivity index (χ0v) is 11.3. The van der Waals surface area contributed by atoms with Crippen LogP contribution in [0.2, 0.25) is 0 Å². The molecule has 0 aliphatic heterocycles. The van der Waals surface area contributed by atoms with E-state index in [9.17, 15) is 8.42 Å². The fourth-order valence-electron chi connectivity index (χ4n) is 1.64. The van der Waals surface area contributed by atoms with Crippen molar-refractivity contribution in [2.24, 2.45) is 0 Å². The number of nitrogens with one attached hydrogen (secondary N) is 2. The van der Waals surface area contributed by atoms with E-state index in [0.29, 0.717) is 13.1 Å². The molecule has 1 rings (SSSR count). The lowest BCUT2D eigenvalue weighted by molar-refractivity contribution is 0.419. The Morgan fingerprint density at radius 2 is 2.24 bits per heavy atom. The molecule has 0 radical (unpaired) electrons. The summed E-state index contributed by atoms with van der Waals surface area (Å²) in [5, 5.41) is 3.27. The number of aromatic nitrogens is 1. The van der Waals surface area contributed by atoms with Crippen LogP contribution < -0.4 is 5.32 Å². The maximum atomic E-state index is 11.3. The van der Waals surface area contributed by atoms with Gasteiger partial charge in [0, 0.05) is 31.5 Å². The number of rotatable bonds is 8. The highest BCUT2D eigenvalue weighted by atomic mass is 32.2. The molecule has 1 aromatic rings. The minimum atomic E-state index is -3.05. The number of aromatic amines is 1. The van der Waals surface area contributed by atoms with Gasteiger partial charge in [-0.2, -0.15) is 0 Å². The van der Waals surface area contributed by atoms with Gasteiger partial charge in [0.1, 0.15) is 0 Å². The molecule has 0 spiro atoms. The van der Waals surface area contributed by atoms with Crippen LogP contribution in [0.1, 0.15) is 19.0 Å². The first-order valence-electron chi connectivity index (χ1n) is 5.82. The highest BCUT2D eigenvalue weighted by Crippen LogP contribution is 1.98. The van der Waals surface area contributed by atoms with Crippen LogP contribution in [-0.4, -0.2) is 43.6 Å². The molecule has 1 aromatic heterocycles. The zero-order chi connectivity index (χ0) is 12.7. The van der Waals surface area contributed by atoms with Crippen LogP contribution in [-0.2, 0) is 16.6 Å². The quantitative estimate of drug-likeness (QED) is 0.678. The SMILES string of the molecule is CCN(CCCNCc1ccc[nH]1)S(C)(=O)=O. The third kappa shape index (κ3) is 5.34. The predicted molar refractivity (Wildman–Crippen MR) is 69.2 cm³/mol. The summed E-state index contributed by atoms with van der Waals surface area (Å²) in [5.74, 6) is 0. The molecule has 0 atom stereocenters. The fourth-order valence-corrected chi connectivity index (χ4v) is 2.57. The lowest BCUT2D eigenvalue weighted by Gasteiger charge is -2.17. The average molecular weight is 259 g/mol. The summed E-state index contributed by atoms with van der Waals surface area (Å²) < 4.78 is 24.1. The van der Waals surface area contributed by atoms with Crippen molar-refractivity contribution in [1.29, 1.82) is 0 Å². The molecule has 0 saturated heterocycles. The minimum absolute atomic E-state index is 0.537. The van der Waals surface area contributed by atoms with Crippen molar-refractivity contribution in [3.05, 3.63) is 24.0 Å². The zero-order valence-electron chi connectivity index (χ0n) is 10.4. The average Bonchev–Trinajstić information content (AvgIpc) is 2.74. The monoisotopic (exact) mass is 259 g/mol. The second kappa shape index (κ2) is 6.78. The number of hydrogen-bond donors (Lipinski definition) is 2. The van der Waals surface area contributed by atoms with Crippen LogP contribution >= 0.6 is 0 Å². The summed E-state index contributed by atoms with van der Waals surface area (Å²) >= 11 is 0. The Balaban J connectivity index is 2.15. The summed E-state index contributed by atoms with van der Waals surface area (Å²) in [4.78, 5) is 3.10. The summed E-state index contributed by atoms with van der Waals surface area (Å²) in [6, 6.07) is 3.97. The molecule has 98 valence electrons. The molecule has 5 nitrogen and oxygen atoms in total. The Labute approximate surface area is 103 Å². The standard InChI is InChI=1S/C11H21N3O2S/c1-3-14(17(2,15)16)9-5-7-12-10-11-6-4-8-13-11/h4,6,8,12-13H,3,5,7,9-10H2,1-2H3. The maximum Gasteiger partial charge on any atom is 0.211 e. The van der Waals surface area contributed by atoms with Gasteiger partial charge >= 0.3 is 0 Å². The van der Waals surface area contributed by atoms with Gasteiger partial charge in [0.05, 0.1) is 6.26 Å². The molecule has 1 heterocycles. The molecular formula is C11H21N3O2S. The van der Waals surface area contributed by atoms with E-state index in [1.54, 1.807) is 0 Å². The molecule has 0 fully saturated rings. The van der Waals surface area contributed by atoms with E-state index >= 15 is 0 Å². The van der Waals surface area contributed by atoms with Gasteiger partial charge in [-0.15, -0.1) is 0 Å². The topological polar surface area (TPSA) is 65.2 Å². The Hall–Kier alpha value is -0.850. The van der Waals surface area contributed by atoms with Gasteiger partial charge in [-0.3, -0.25) is 0 Å². The molecule has 0 unspecified atom stereocenters. The van der Waals surface area contributed by atoms with Gasteiger partial charge < -0.3 is 10.3 Å². The highest BCUT2D eigenvalue weighted by Gasteiger charge is 2.12. The first-order chi connectivity index (χ1) is 8.04. The molecule has 6 heteroatoms. The van der Waals surface area contributed by atoms with Crippen molar-refractivity contribution in [2.45, 2.75) is 19.9 Å². The van der Waals surface area contributed by atoms with Gasteiger partial charge in [0.25, 0.3) is 0 Å². The Bertz CT molecular complexity index is 400. The largest absolute Gasteiger partial charge is 0.364 e. The predicted octanol–water partition coefficient (Wildman–Crippen LogP) is 0.776. The molecule has 0 aliphatic carbocycles. The third-order valence-electron chi connectivity index (χ3n) is 2.56. The number of sulfonamides is 1.